The first-order chi connectivity index (χ1) is 13.0. The number of hydrogen-bond donors (Lipinski definition) is 0. The number of Topliss-reactive ketones (excluding diaryl/α,β-unsaturated/α-hetero) is 1. The lowest BCUT2D eigenvalue weighted by atomic mass is 10.2. The molecule has 0 amide bonds. The number of carbonyl (C=O) groups is 1. The Morgan fingerprint density at radius 3 is 3.00 bits per heavy atom. The SMILES string of the molecule is Cc1cc(C(=O)CSc2nnc3ccc(Cl)nn23)c(C)n1C[C@H]1CCCO1. The predicted molar refractivity (Wildman–Crippen MR) is 104 cm³/mol. The molecular weight excluding hydrogens is 386 g/mol. The monoisotopic (exact) mass is 405 g/mol. The molecule has 0 N–H and O–H groups in total. The smallest absolute Gasteiger partial charge is 0.212 e. The van der Waals surface area contributed by atoms with Gasteiger partial charge < -0.3 is 9.30 Å². The summed E-state index contributed by atoms with van der Waals surface area (Å²) in [5.41, 5.74) is 3.42. The number of ether oxygens (including phenoxy) is 1. The van der Waals surface area contributed by atoms with Gasteiger partial charge >= 0.3 is 0 Å². The van der Waals surface area contributed by atoms with Crippen LogP contribution in [0.3, 0.4) is 0 Å². The van der Waals surface area contributed by atoms with Crippen LogP contribution < -0.4 is 0 Å². The van der Waals surface area contributed by atoms with Crippen LogP contribution in [0.4, 0.5) is 0 Å². The average molecular weight is 406 g/mol. The average Bonchev–Trinajstić information content (AvgIpc) is 3.36. The molecule has 0 unspecified atom stereocenters. The zero-order valence-corrected chi connectivity index (χ0v) is 16.8. The summed E-state index contributed by atoms with van der Waals surface area (Å²) in [6.45, 7) is 5.66. The molecule has 0 aromatic carbocycles. The molecule has 3 aromatic heterocycles. The molecule has 0 spiro atoms. The minimum absolute atomic E-state index is 0.0606. The molecule has 4 rings (SSSR count). The lowest BCUT2D eigenvalue weighted by molar-refractivity contribution is 0.0957. The molecule has 4 heterocycles. The van der Waals surface area contributed by atoms with E-state index in [-0.39, 0.29) is 17.6 Å². The number of rotatable bonds is 6. The second-order valence-electron chi connectivity index (χ2n) is 6.65. The number of thioether (sulfide) groups is 1. The van der Waals surface area contributed by atoms with Crippen LogP contribution in [0, 0.1) is 13.8 Å². The lowest BCUT2D eigenvalue weighted by Crippen LogP contribution is -2.17. The Kier molecular flexibility index (Phi) is 5.21. The van der Waals surface area contributed by atoms with Gasteiger partial charge in [-0.1, -0.05) is 23.4 Å². The molecule has 0 radical (unpaired) electrons. The van der Waals surface area contributed by atoms with Gasteiger partial charge in [0, 0.05) is 30.1 Å². The van der Waals surface area contributed by atoms with Crippen molar-refractivity contribution in [2.45, 2.75) is 44.5 Å². The maximum atomic E-state index is 12.8. The van der Waals surface area contributed by atoms with Crippen molar-refractivity contribution in [1.82, 2.24) is 24.4 Å². The van der Waals surface area contributed by atoms with Crippen molar-refractivity contribution in [3.05, 3.63) is 40.3 Å². The molecule has 1 aliphatic heterocycles. The van der Waals surface area contributed by atoms with E-state index in [0.29, 0.717) is 16.0 Å². The van der Waals surface area contributed by atoms with Crippen molar-refractivity contribution < 1.29 is 9.53 Å². The van der Waals surface area contributed by atoms with E-state index in [1.165, 1.54) is 11.8 Å². The standard InChI is InChI=1S/C18H20ClN5O2S/c1-11-8-14(12(2)23(11)9-13-4-3-7-26-13)15(25)10-27-18-21-20-17-6-5-16(19)22-24(17)18/h5-6,8,13H,3-4,7,9-10H2,1-2H3/t13-/m1/s1. The van der Waals surface area contributed by atoms with Crippen LogP contribution in [-0.2, 0) is 11.3 Å². The summed E-state index contributed by atoms with van der Waals surface area (Å²) < 4.78 is 9.48. The molecule has 7 nitrogen and oxygen atoms in total. The van der Waals surface area contributed by atoms with E-state index >= 15 is 0 Å². The molecular formula is C18H20ClN5O2S. The fraction of sp³-hybridized carbons (Fsp3) is 0.444. The number of hydrogen-bond acceptors (Lipinski definition) is 6. The second-order valence-corrected chi connectivity index (χ2v) is 7.98. The van der Waals surface area contributed by atoms with Gasteiger partial charge in [-0.05, 0) is 44.9 Å². The number of carbonyl (C=O) groups excluding carboxylic acids is 1. The molecule has 3 aromatic rings. The molecule has 1 atom stereocenters. The van der Waals surface area contributed by atoms with Crippen LogP contribution in [0.1, 0.15) is 34.6 Å². The Hall–Kier alpha value is -1.90. The van der Waals surface area contributed by atoms with Gasteiger partial charge in [0.25, 0.3) is 0 Å². The van der Waals surface area contributed by atoms with Gasteiger partial charge in [-0.3, -0.25) is 4.79 Å². The highest BCUT2D eigenvalue weighted by atomic mass is 35.5. The normalized spacial score (nSPS) is 17.1. The zero-order chi connectivity index (χ0) is 19.0. The maximum absolute atomic E-state index is 12.8. The second kappa shape index (κ2) is 7.61. The Morgan fingerprint density at radius 1 is 1.37 bits per heavy atom. The number of nitrogens with zero attached hydrogens (tertiary/aromatic N) is 5. The molecule has 0 saturated carbocycles. The molecule has 27 heavy (non-hydrogen) atoms. The van der Waals surface area contributed by atoms with E-state index in [4.69, 9.17) is 16.3 Å². The van der Waals surface area contributed by atoms with Crippen molar-refractivity contribution in [2.75, 3.05) is 12.4 Å². The quantitative estimate of drug-likeness (QED) is 0.462. The van der Waals surface area contributed by atoms with E-state index in [1.54, 1.807) is 16.6 Å². The molecule has 1 aliphatic rings. The van der Waals surface area contributed by atoms with Gasteiger partial charge in [0.15, 0.2) is 11.4 Å². The maximum Gasteiger partial charge on any atom is 0.212 e. The van der Waals surface area contributed by atoms with Crippen molar-refractivity contribution in [1.29, 1.82) is 0 Å². The highest BCUT2D eigenvalue weighted by molar-refractivity contribution is 7.99. The van der Waals surface area contributed by atoms with Crippen molar-refractivity contribution >= 4 is 34.8 Å². The molecule has 142 valence electrons. The Bertz CT molecular complexity index is 993. The highest BCUT2D eigenvalue weighted by Crippen LogP contribution is 2.23. The topological polar surface area (TPSA) is 74.3 Å². The summed E-state index contributed by atoms with van der Waals surface area (Å²) in [6.07, 6.45) is 2.42. The summed E-state index contributed by atoms with van der Waals surface area (Å²) in [6, 6.07) is 5.37. The summed E-state index contributed by atoms with van der Waals surface area (Å²) >= 11 is 7.25. The van der Waals surface area contributed by atoms with Crippen LogP contribution in [0.2, 0.25) is 5.15 Å². The number of fused-ring (bicyclic) bond motifs is 1. The fourth-order valence-corrected chi connectivity index (χ4v) is 4.31. The summed E-state index contributed by atoms with van der Waals surface area (Å²) in [5, 5.41) is 13.2. The predicted octanol–water partition coefficient (Wildman–Crippen LogP) is 3.35. The first-order valence-electron chi connectivity index (χ1n) is 8.85. The molecule has 9 heteroatoms. The minimum atomic E-state index is 0.0606. The zero-order valence-electron chi connectivity index (χ0n) is 15.2. The van der Waals surface area contributed by atoms with Gasteiger partial charge in [0.2, 0.25) is 5.16 Å². The van der Waals surface area contributed by atoms with Crippen molar-refractivity contribution in [3.8, 4) is 0 Å². The fourth-order valence-electron chi connectivity index (χ4n) is 3.40. The van der Waals surface area contributed by atoms with E-state index < -0.39 is 0 Å². The third-order valence-corrected chi connectivity index (χ3v) is 5.94. The summed E-state index contributed by atoms with van der Waals surface area (Å²) in [5.74, 6) is 0.324. The number of aryl methyl sites for hydroxylation is 1. The minimum Gasteiger partial charge on any atom is -0.376 e. The molecule has 1 fully saturated rings. The first-order valence-corrected chi connectivity index (χ1v) is 10.2. The highest BCUT2D eigenvalue weighted by Gasteiger charge is 2.21. The van der Waals surface area contributed by atoms with Gasteiger partial charge in [0.05, 0.1) is 11.9 Å². The van der Waals surface area contributed by atoms with E-state index in [1.807, 2.05) is 19.9 Å². The van der Waals surface area contributed by atoms with Gasteiger partial charge in [-0.2, -0.15) is 9.61 Å². The van der Waals surface area contributed by atoms with Gasteiger partial charge in [0.1, 0.15) is 5.15 Å². The van der Waals surface area contributed by atoms with Crippen molar-refractivity contribution in [2.24, 2.45) is 0 Å². The summed E-state index contributed by atoms with van der Waals surface area (Å²) in [4.78, 5) is 12.8. The number of halogens is 1. The van der Waals surface area contributed by atoms with E-state index in [2.05, 4.69) is 19.9 Å². The molecule has 1 saturated heterocycles. The van der Waals surface area contributed by atoms with Crippen LogP contribution in [-0.4, -0.2) is 48.6 Å². The van der Waals surface area contributed by atoms with Crippen LogP contribution in [0.5, 0.6) is 0 Å². The van der Waals surface area contributed by atoms with Crippen LogP contribution >= 0.6 is 23.4 Å². The third kappa shape index (κ3) is 3.74. The number of aromatic nitrogens is 5. The Balaban J connectivity index is 1.48. The largest absolute Gasteiger partial charge is 0.376 e. The Labute approximate surface area is 166 Å². The van der Waals surface area contributed by atoms with Gasteiger partial charge in [-0.15, -0.1) is 10.2 Å². The van der Waals surface area contributed by atoms with Crippen LogP contribution in [0.15, 0.2) is 23.4 Å². The van der Waals surface area contributed by atoms with E-state index in [0.717, 1.165) is 42.9 Å². The van der Waals surface area contributed by atoms with Crippen LogP contribution in [0.25, 0.3) is 5.65 Å². The number of ketones is 1. The molecule has 0 aliphatic carbocycles. The van der Waals surface area contributed by atoms with E-state index in [9.17, 15) is 4.79 Å². The summed E-state index contributed by atoms with van der Waals surface area (Å²) in [7, 11) is 0. The first kappa shape index (κ1) is 18.5. The lowest BCUT2D eigenvalue weighted by Gasteiger charge is -2.14. The van der Waals surface area contributed by atoms with Gasteiger partial charge in [-0.25, -0.2) is 0 Å². The molecule has 0 bridgehead atoms. The van der Waals surface area contributed by atoms with Crippen molar-refractivity contribution in [3.63, 3.8) is 0 Å². The Morgan fingerprint density at radius 2 is 2.22 bits per heavy atom. The third-order valence-electron chi connectivity index (χ3n) is 4.82.